The van der Waals surface area contributed by atoms with Crippen LogP contribution in [-0.2, 0) is 12.0 Å². The van der Waals surface area contributed by atoms with Crippen molar-refractivity contribution < 1.29 is 9.53 Å². The highest BCUT2D eigenvalue weighted by Crippen LogP contribution is 2.30. The summed E-state index contributed by atoms with van der Waals surface area (Å²) in [5, 5.41) is 6.55. The van der Waals surface area contributed by atoms with Gasteiger partial charge in [0.25, 0.3) is 5.91 Å². The Hall–Kier alpha value is -2.29. The summed E-state index contributed by atoms with van der Waals surface area (Å²) in [6.45, 7) is 8.33. The molecule has 0 aromatic heterocycles. The minimum Gasteiger partial charge on any atom is -0.491 e. The number of aliphatic imine (C=N–C) groups is 1. The molecule has 0 aliphatic rings. The average molecular weight is 538 g/mol. The van der Waals surface area contributed by atoms with Crippen molar-refractivity contribution in [1.82, 2.24) is 15.5 Å². The minimum absolute atomic E-state index is 0. The number of benzene rings is 2. The van der Waals surface area contributed by atoms with Crippen LogP contribution in [0.1, 0.15) is 42.3 Å². The summed E-state index contributed by atoms with van der Waals surface area (Å²) in [4.78, 5) is 17.8. The lowest BCUT2D eigenvalue weighted by Crippen LogP contribution is -2.39. The van der Waals surface area contributed by atoms with Gasteiger partial charge in [0, 0.05) is 33.3 Å². The molecular weight excluding hydrogens is 503 g/mol. The Morgan fingerprint density at radius 3 is 2.26 bits per heavy atom. The molecule has 0 aliphatic carbocycles. The van der Waals surface area contributed by atoms with Gasteiger partial charge in [0.15, 0.2) is 5.96 Å². The molecule has 1 amide bonds. The van der Waals surface area contributed by atoms with E-state index in [0.29, 0.717) is 31.2 Å². The second kappa shape index (κ2) is 12.5. The van der Waals surface area contributed by atoms with Gasteiger partial charge < -0.3 is 20.3 Å². The number of guanidine groups is 1. The first-order chi connectivity index (χ1) is 14.2. The van der Waals surface area contributed by atoms with E-state index in [2.05, 4.69) is 42.5 Å². The predicted molar refractivity (Wildman–Crippen MR) is 139 cm³/mol. The maximum Gasteiger partial charge on any atom is 0.253 e. The van der Waals surface area contributed by atoms with Crippen LogP contribution in [0.15, 0.2) is 53.5 Å². The lowest BCUT2D eigenvalue weighted by atomic mass is 9.86. The van der Waals surface area contributed by atoms with Gasteiger partial charge >= 0.3 is 0 Å². The fourth-order valence-corrected chi connectivity index (χ4v) is 2.97. The number of para-hydroxylation sites is 1. The molecular formula is C24H35IN4O2. The van der Waals surface area contributed by atoms with E-state index < -0.39 is 0 Å². The Bertz CT molecular complexity index is 859. The fourth-order valence-electron chi connectivity index (χ4n) is 2.97. The van der Waals surface area contributed by atoms with E-state index in [9.17, 15) is 4.79 Å². The van der Waals surface area contributed by atoms with E-state index in [1.165, 1.54) is 5.56 Å². The summed E-state index contributed by atoms with van der Waals surface area (Å²) >= 11 is 0. The summed E-state index contributed by atoms with van der Waals surface area (Å²) < 4.78 is 6.00. The number of nitrogens with zero attached hydrogens (tertiary/aromatic N) is 2. The first-order valence-corrected chi connectivity index (χ1v) is 10.2. The van der Waals surface area contributed by atoms with Crippen LogP contribution in [-0.4, -0.2) is 51.1 Å². The molecule has 0 fully saturated rings. The van der Waals surface area contributed by atoms with Crippen LogP contribution < -0.4 is 15.4 Å². The van der Waals surface area contributed by atoms with E-state index in [-0.39, 0.29) is 35.3 Å². The molecule has 2 aromatic rings. The van der Waals surface area contributed by atoms with Gasteiger partial charge in [0.05, 0.1) is 6.54 Å². The quantitative estimate of drug-likeness (QED) is 0.242. The lowest BCUT2D eigenvalue weighted by molar-refractivity contribution is 0.0827. The number of rotatable bonds is 7. The Morgan fingerprint density at radius 1 is 1.03 bits per heavy atom. The van der Waals surface area contributed by atoms with E-state index in [4.69, 9.17) is 4.74 Å². The van der Waals surface area contributed by atoms with Crippen LogP contribution in [0.4, 0.5) is 0 Å². The molecule has 0 spiro atoms. The van der Waals surface area contributed by atoms with Crippen LogP contribution in [0.5, 0.6) is 5.75 Å². The number of halogens is 1. The molecule has 0 bridgehead atoms. The first kappa shape index (κ1) is 26.7. The van der Waals surface area contributed by atoms with Crippen molar-refractivity contribution >= 4 is 35.8 Å². The van der Waals surface area contributed by atoms with Gasteiger partial charge in [-0.15, -0.1) is 24.0 Å². The number of carbonyl (C=O) groups excluding carboxylic acids is 1. The van der Waals surface area contributed by atoms with Crippen LogP contribution in [0.25, 0.3) is 0 Å². The zero-order chi connectivity index (χ0) is 22.1. The fraction of sp³-hybridized carbons (Fsp3) is 0.417. The molecule has 170 valence electrons. The summed E-state index contributed by atoms with van der Waals surface area (Å²) in [6.07, 6.45) is 0. The van der Waals surface area contributed by atoms with Crippen molar-refractivity contribution in [2.75, 3.05) is 34.3 Å². The predicted octanol–water partition coefficient (Wildman–Crippen LogP) is 4.05. The maximum atomic E-state index is 12.0. The average Bonchev–Trinajstić information content (AvgIpc) is 2.72. The van der Waals surface area contributed by atoms with E-state index in [1.807, 2.05) is 42.5 Å². The van der Waals surface area contributed by atoms with Crippen LogP contribution in [0.3, 0.4) is 0 Å². The molecule has 0 saturated carbocycles. The highest BCUT2D eigenvalue weighted by molar-refractivity contribution is 14.0. The van der Waals surface area contributed by atoms with Crippen molar-refractivity contribution in [2.24, 2.45) is 4.99 Å². The van der Waals surface area contributed by atoms with Crippen LogP contribution in [0.2, 0.25) is 0 Å². The zero-order valence-electron chi connectivity index (χ0n) is 19.4. The Balaban J connectivity index is 0.00000480. The first-order valence-electron chi connectivity index (χ1n) is 10.2. The molecule has 2 N–H and O–H groups in total. The van der Waals surface area contributed by atoms with E-state index >= 15 is 0 Å². The second-order valence-electron chi connectivity index (χ2n) is 8.34. The Labute approximate surface area is 203 Å². The van der Waals surface area contributed by atoms with E-state index in [0.717, 1.165) is 11.3 Å². The molecule has 0 atom stereocenters. The summed E-state index contributed by atoms with van der Waals surface area (Å²) in [7, 11) is 5.24. The third-order valence-corrected chi connectivity index (χ3v) is 4.64. The van der Waals surface area contributed by atoms with Crippen molar-refractivity contribution in [3.63, 3.8) is 0 Å². The van der Waals surface area contributed by atoms with Crippen molar-refractivity contribution in [3.8, 4) is 5.75 Å². The molecule has 2 rings (SSSR count). The summed E-state index contributed by atoms with van der Waals surface area (Å²) in [5.41, 5.74) is 2.99. The van der Waals surface area contributed by atoms with Gasteiger partial charge in [0.1, 0.15) is 12.4 Å². The van der Waals surface area contributed by atoms with E-state index in [1.54, 1.807) is 26.0 Å². The normalized spacial score (nSPS) is 11.4. The van der Waals surface area contributed by atoms with Crippen molar-refractivity contribution in [1.29, 1.82) is 0 Å². The summed E-state index contributed by atoms with van der Waals surface area (Å²) in [6, 6.07) is 15.7. The molecule has 31 heavy (non-hydrogen) atoms. The number of hydrogen-bond acceptors (Lipinski definition) is 3. The zero-order valence-corrected chi connectivity index (χ0v) is 21.7. The SMILES string of the molecule is CN=C(NCCOc1ccccc1C(C)(C)C)NCc1ccc(C(=O)N(C)C)cc1.I. The molecule has 2 aromatic carbocycles. The molecule has 6 nitrogen and oxygen atoms in total. The Kier molecular flexibility index (Phi) is 10.8. The number of hydrogen-bond donors (Lipinski definition) is 2. The van der Waals surface area contributed by atoms with Gasteiger partial charge in [-0.05, 0) is 34.7 Å². The number of ether oxygens (including phenoxy) is 1. The molecule has 0 saturated heterocycles. The lowest BCUT2D eigenvalue weighted by Gasteiger charge is -2.22. The maximum absolute atomic E-state index is 12.0. The molecule has 0 unspecified atom stereocenters. The smallest absolute Gasteiger partial charge is 0.253 e. The van der Waals surface area contributed by atoms with Crippen LogP contribution in [0, 0.1) is 0 Å². The second-order valence-corrected chi connectivity index (χ2v) is 8.34. The Morgan fingerprint density at radius 2 is 1.68 bits per heavy atom. The monoisotopic (exact) mass is 538 g/mol. The molecule has 7 heteroatoms. The number of nitrogens with one attached hydrogen (secondary N) is 2. The summed E-state index contributed by atoms with van der Waals surface area (Å²) in [5.74, 6) is 1.62. The molecule has 0 aliphatic heterocycles. The third kappa shape index (κ3) is 8.40. The van der Waals surface area contributed by atoms with Gasteiger partial charge in [-0.1, -0.05) is 51.1 Å². The van der Waals surface area contributed by atoms with Gasteiger partial charge in [-0.3, -0.25) is 9.79 Å². The highest BCUT2D eigenvalue weighted by atomic mass is 127. The van der Waals surface area contributed by atoms with Gasteiger partial charge in [-0.2, -0.15) is 0 Å². The molecule has 0 radical (unpaired) electrons. The van der Waals surface area contributed by atoms with Gasteiger partial charge in [0.2, 0.25) is 0 Å². The van der Waals surface area contributed by atoms with Crippen molar-refractivity contribution in [3.05, 3.63) is 65.2 Å². The highest BCUT2D eigenvalue weighted by Gasteiger charge is 2.18. The largest absolute Gasteiger partial charge is 0.491 e. The standard InChI is InChI=1S/C24H34N4O2.HI/c1-24(2,3)20-9-7-8-10-21(20)30-16-15-26-23(25-4)27-17-18-11-13-19(14-12-18)22(29)28(5)6;/h7-14H,15-17H2,1-6H3,(H2,25,26,27);1H. The van der Waals surface area contributed by atoms with Gasteiger partial charge in [-0.25, -0.2) is 0 Å². The number of carbonyl (C=O) groups is 1. The third-order valence-electron chi connectivity index (χ3n) is 4.64. The minimum atomic E-state index is 0. The number of amides is 1. The molecule has 0 heterocycles. The van der Waals surface area contributed by atoms with Crippen molar-refractivity contribution in [2.45, 2.75) is 32.7 Å². The van der Waals surface area contributed by atoms with Crippen LogP contribution >= 0.6 is 24.0 Å². The topological polar surface area (TPSA) is 66.0 Å².